The van der Waals surface area contributed by atoms with Gasteiger partial charge in [-0.1, -0.05) is 45.8 Å². The highest BCUT2D eigenvalue weighted by Crippen LogP contribution is 2.70. The van der Waals surface area contributed by atoms with E-state index in [-0.39, 0.29) is 35.5 Å². The molecule has 8 heteroatoms. The minimum atomic E-state index is -0.340. The minimum Gasteiger partial charge on any atom is -0.353 e. The highest BCUT2D eigenvalue weighted by atomic mass is 16.7. The summed E-state index contributed by atoms with van der Waals surface area (Å²) in [4.78, 5) is 28.1. The van der Waals surface area contributed by atoms with Crippen LogP contribution in [0.25, 0.3) is 0 Å². The van der Waals surface area contributed by atoms with Crippen molar-refractivity contribution in [3.8, 4) is 0 Å². The lowest BCUT2D eigenvalue weighted by Gasteiger charge is -2.58. The zero-order chi connectivity index (χ0) is 32.6. The lowest BCUT2D eigenvalue weighted by atomic mass is 9.46. The van der Waals surface area contributed by atoms with Gasteiger partial charge in [0.25, 0.3) is 0 Å². The Kier molecular flexibility index (Phi) is 8.62. The Bertz CT molecular complexity index is 1230. The third kappa shape index (κ3) is 5.54. The predicted molar refractivity (Wildman–Crippen MR) is 182 cm³/mol. The number of hydrogen-bond donors (Lipinski definition) is 1. The van der Waals surface area contributed by atoms with Crippen molar-refractivity contribution in [1.29, 1.82) is 0 Å². The number of carbonyl (C=O) groups is 2. The van der Waals surface area contributed by atoms with Gasteiger partial charge >= 0.3 is 0 Å². The van der Waals surface area contributed by atoms with E-state index in [2.05, 4.69) is 49.1 Å². The molecule has 3 saturated carbocycles. The van der Waals surface area contributed by atoms with E-state index in [4.69, 9.17) is 9.47 Å². The Labute approximate surface area is 283 Å². The van der Waals surface area contributed by atoms with Crippen LogP contribution in [0.5, 0.6) is 0 Å². The second kappa shape index (κ2) is 12.4. The topological polar surface area (TPSA) is 74.3 Å². The van der Waals surface area contributed by atoms with Gasteiger partial charge in [0.1, 0.15) is 6.42 Å². The second-order valence-corrected chi connectivity index (χ2v) is 17.8. The molecule has 4 aliphatic heterocycles. The van der Waals surface area contributed by atoms with E-state index < -0.39 is 0 Å². The molecule has 1 N–H and O–H groups in total. The molecule has 0 aromatic heterocycles. The lowest BCUT2D eigenvalue weighted by molar-refractivity contribution is -0.272. The van der Waals surface area contributed by atoms with Crippen molar-refractivity contribution in [2.24, 2.45) is 46.3 Å². The van der Waals surface area contributed by atoms with Crippen LogP contribution in [0.3, 0.4) is 0 Å². The first-order chi connectivity index (χ1) is 22.6. The van der Waals surface area contributed by atoms with Crippen molar-refractivity contribution >= 4 is 11.8 Å². The van der Waals surface area contributed by atoms with Gasteiger partial charge in [0.2, 0.25) is 11.8 Å². The summed E-state index contributed by atoms with van der Waals surface area (Å²) in [6.07, 6.45) is 17.1. The highest BCUT2D eigenvalue weighted by Gasteiger charge is 2.68. The summed E-state index contributed by atoms with van der Waals surface area (Å²) in [6.45, 7) is 16.2. The fourth-order valence-corrected chi connectivity index (χ4v) is 12.7. The van der Waals surface area contributed by atoms with Gasteiger partial charge in [0.05, 0.1) is 12.7 Å². The number of nitrogens with zero attached hydrogens (tertiary/aromatic N) is 3. The average Bonchev–Trinajstić information content (AvgIpc) is 3.52. The first kappa shape index (κ1) is 32.7. The van der Waals surface area contributed by atoms with Gasteiger partial charge in [-0.15, -0.1) is 0 Å². The van der Waals surface area contributed by atoms with Gasteiger partial charge in [0, 0.05) is 57.6 Å². The molecule has 1 spiro atoms. The van der Waals surface area contributed by atoms with E-state index >= 15 is 0 Å². The molecule has 47 heavy (non-hydrogen) atoms. The summed E-state index contributed by atoms with van der Waals surface area (Å²) in [5, 5.41) is 8.20. The van der Waals surface area contributed by atoms with Crippen molar-refractivity contribution in [1.82, 2.24) is 20.2 Å². The number of carbonyl (C=O) groups excluding carboxylic acids is 2. The monoisotopic (exact) mass is 650 g/mol. The Morgan fingerprint density at radius 3 is 2.43 bits per heavy atom. The van der Waals surface area contributed by atoms with Crippen LogP contribution in [-0.4, -0.2) is 90.5 Å². The van der Waals surface area contributed by atoms with Crippen LogP contribution < -0.4 is 5.32 Å². The van der Waals surface area contributed by atoms with Crippen LogP contribution in [0.15, 0.2) is 11.6 Å². The maximum absolute atomic E-state index is 13.1. The Balaban J connectivity index is 0.860. The van der Waals surface area contributed by atoms with E-state index in [9.17, 15) is 9.59 Å². The molecule has 11 atom stereocenters. The second-order valence-electron chi connectivity index (χ2n) is 17.8. The van der Waals surface area contributed by atoms with Gasteiger partial charge in [-0.05, 0) is 105 Å². The van der Waals surface area contributed by atoms with E-state index in [1.165, 1.54) is 51.4 Å². The number of rotatable bonds is 4. The van der Waals surface area contributed by atoms with E-state index in [0.29, 0.717) is 29.3 Å². The van der Waals surface area contributed by atoms with E-state index in [1.807, 2.05) is 4.90 Å². The van der Waals surface area contributed by atoms with Gasteiger partial charge in [0.15, 0.2) is 5.79 Å². The molecule has 0 aromatic carbocycles. The van der Waals surface area contributed by atoms with Crippen molar-refractivity contribution in [2.45, 2.75) is 129 Å². The Morgan fingerprint density at radius 2 is 1.68 bits per heavy atom. The van der Waals surface area contributed by atoms with Gasteiger partial charge in [-0.3, -0.25) is 9.59 Å². The zero-order valence-electron chi connectivity index (χ0n) is 29.8. The van der Waals surface area contributed by atoms with Crippen molar-refractivity contribution in [3.63, 3.8) is 0 Å². The number of ether oxygens (including phenoxy) is 2. The quantitative estimate of drug-likeness (QED) is 0.308. The SMILES string of the molecule is C[C@@H]1CC[C@@]2(OC1)O[C@H]1C[C@H]3[C@@H]4CC=C5CC(NC(=O)CC(=O)N6CCN(N7CCCCC7)CC6)CC[C@]5(C)[C@H]4CC[C@]3(C)[C@H]1[C@@H]2C. The number of piperidine rings is 1. The number of allylic oxidation sites excluding steroid dienone is 1. The van der Waals surface area contributed by atoms with Gasteiger partial charge < -0.3 is 19.7 Å². The third-order valence-corrected chi connectivity index (χ3v) is 15.4. The zero-order valence-corrected chi connectivity index (χ0v) is 29.8. The first-order valence-electron chi connectivity index (χ1n) is 19.7. The van der Waals surface area contributed by atoms with Crippen LogP contribution in [0.1, 0.15) is 111 Å². The number of hydrazine groups is 1. The fraction of sp³-hybridized carbons (Fsp3) is 0.897. The fourth-order valence-electron chi connectivity index (χ4n) is 12.7. The molecule has 8 aliphatic rings. The standard InChI is InChI=1S/C39H62N4O4/c1-26-10-15-39(46-25-26)27(2)36-33(47-39)23-32-30-9-8-28-22-29(11-13-37(28,3)31(30)12-14-38(32,36)4)40-34(44)24-35(45)41-18-20-43(21-19-41)42-16-6-5-7-17-42/h8,26-27,29-33,36H,5-7,9-25H2,1-4H3,(H,40,44)/t26-,27+,29?,30-,31+,32+,33+,36+,37+,38+,39-/m1/s1. The largest absolute Gasteiger partial charge is 0.353 e. The van der Waals surface area contributed by atoms with Crippen LogP contribution in [0.2, 0.25) is 0 Å². The van der Waals surface area contributed by atoms with E-state index in [1.54, 1.807) is 5.57 Å². The molecular weight excluding hydrogens is 588 g/mol. The van der Waals surface area contributed by atoms with Crippen LogP contribution in [0.4, 0.5) is 0 Å². The van der Waals surface area contributed by atoms with Crippen molar-refractivity contribution in [3.05, 3.63) is 11.6 Å². The maximum Gasteiger partial charge on any atom is 0.232 e. The Hall–Kier alpha value is -1.48. The molecule has 8 nitrogen and oxygen atoms in total. The predicted octanol–water partition coefficient (Wildman–Crippen LogP) is 5.77. The molecular formula is C39H62N4O4. The summed E-state index contributed by atoms with van der Waals surface area (Å²) < 4.78 is 13.5. The van der Waals surface area contributed by atoms with Crippen molar-refractivity contribution < 1.29 is 19.1 Å². The van der Waals surface area contributed by atoms with Crippen LogP contribution >= 0.6 is 0 Å². The number of amides is 2. The molecule has 4 heterocycles. The Morgan fingerprint density at radius 1 is 0.915 bits per heavy atom. The smallest absolute Gasteiger partial charge is 0.232 e. The van der Waals surface area contributed by atoms with E-state index in [0.717, 1.165) is 89.3 Å². The number of fused-ring (bicyclic) bond motifs is 7. The van der Waals surface area contributed by atoms with Gasteiger partial charge in [-0.2, -0.15) is 0 Å². The van der Waals surface area contributed by atoms with Crippen molar-refractivity contribution in [2.75, 3.05) is 45.9 Å². The summed E-state index contributed by atoms with van der Waals surface area (Å²) in [6, 6.07) is 0.144. The lowest BCUT2D eigenvalue weighted by Crippen LogP contribution is -2.56. The molecule has 262 valence electrons. The molecule has 0 radical (unpaired) electrons. The molecule has 4 saturated heterocycles. The molecule has 8 rings (SSSR count). The first-order valence-corrected chi connectivity index (χ1v) is 19.7. The summed E-state index contributed by atoms with van der Waals surface area (Å²) in [5.41, 5.74) is 2.13. The maximum atomic E-state index is 13.1. The normalized spacial score (nSPS) is 47.1. The molecule has 0 aromatic rings. The van der Waals surface area contributed by atoms with Crippen LogP contribution in [-0.2, 0) is 19.1 Å². The molecule has 4 aliphatic carbocycles. The summed E-state index contributed by atoms with van der Waals surface area (Å²) in [5.74, 6) is 3.43. The van der Waals surface area contributed by atoms with Gasteiger partial charge in [-0.25, -0.2) is 10.0 Å². The average molecular weight is 651 g/mol. The minimum absolute atomic E-state index is 0.0124. The highest BCUT2D eigenvalue weighted by molar-refractivity contribution is 5.97. The van der Waals surface area contributed by atoms with Crippen LogP contribution in [0, 0.1) is 46.3 Å². The molecule has 7 fully saturated rings. The summed E-state index contributed by atoms with van der Waals surface area (Å²) >= 11 is 0. The number of nitrogens with one attached hydrogen (secondary N) is 1. The molecule has 1 unspecified atom stereocenters. The third-order valence-electron chi connectivity index (χ3n) is 15.4. The number of piperazine rings is 1. The molecule has 0 bridgehead atoms. The molecule has 2 amide bonds. The summed E-state index contributed by atoms with van der Waals surface area (Å²) in [7, 11) is 0. The number of hydrogen-bond acceptors (Lipinski definition) is 6.